The molecular formula is C29H42O. The molecule has 0 bridgehead atoms. The van der Waals surface area contributed by atoms with Crippen LogP contribution in [0.3, 0.4) is 0 Å². The minimum absolute atomic E-state index is 0.483. The molecule has 1 aromatic rings. The van der Waals surface area contributed by atoms with Gasteiger partial charge >= 0.3 is 0 Å². The van der Waals surface area contributed by atoms with Gasteiger partial charge < -0.3 is 4.74 Å². The van der Waals surface area contributed by atoms with E-state index >= 15 is 0 Å². The van der Waals surface area contributed by atoms with E-state index in [2.05, 4.69) is 62.4 Å². The first-order chi connectivity index (χ1) is 14.7. The molecule has 164 valence electrons. The summed E-state index contributed by atoms with van der Waals surface area (Å²) in [5.41, 5.74) is 3.04. The van der Waals surface area contributed by atoms with Crippen molar-refractivity contribution in [2.24, 2.45) is 23.7 Å². The minimum atomic E-state index is 0.483. The van der Waals surface area contributed by atoms with E-state index in [-0.39, 0.29) is 0 Å². The van der Waals surface area contributed by atoms with Gasteiger partial charge in [-0.1, -0.05) is 62.4 Å². The molecule has 30 heavy (non-hydrogen) atoms. The summed E-state index contributed by atoms with van der Waals surface area (Å²) in [7, 11) is 0. The van der Waals surface area contributed by atoms with Gasteiger partial charge in [0.15, 0.2) is 0 Å². The molecular weight excluding hydrogens is 364 g/mol. The van der Waals surface area contributed by atoms with E-state index in [9.17, 15) is 0 Å². The quantitative estimate of drug-likeness (QED) is 0.437. The van der Waals surface area contributed by atoms with Crippen molar-refractivity contribution in [1.82, 2.24) is 0 Å². The lowest BCUT2D eigenvalue weighted by molar-refractivity contribution is -0.0147. The molecule has 3 aliphatic rings. The summed E-state index contributed by atoms with van der Waals surface area (Å²) in [5.74, 6) is 3.78. The molecule has 0 aromatic heterocycles. The highest BCUT2D eigenvalue weighted by Gasteiger charge is 2.22. The third kappa shape index (κ3) is 6.33. The maximum Gasteiger partial charge on any atom is 0.0578 e. The molecule has 0 spiro atoms. The summed E-state index contributed by atoms with van der Waals surface area (Å²) in [6, 6.07) is 9.58. The number of rotatable bonds is 6. The Labute approximate surface area is 185 Å². The van der Waals surface area contributed by atoms with E-state index in [4.69, 9.17) is 4.74 Å². The van der Waals surface area contributed by atoms with Crippen LogP contribution in [0.2, 0.25) is 0 Å². The maximum atomic E-state index is 5.99. The topological polar surface area (TPSA) is 9.23 Å². The number of hydrogen-bond donors (Lipinski definition) is 0. The van der Waals surface area contributed by atoms with Crippen LogP contribution in [0.25, 0.3) is 0 Å². The number of ether oxygens (including phenoxy) is 1. The van der Waals surface area contributed by atoms with Crippen molar-refractivity contribution in [2.45, 2.75) is 90.1 Å². The van der Waals surface area contributed by atoms with E-state index in [0.29, 0.717) is 12.0 Å². The Bertz CT molecular complexity index is 684. The molecule has 1 heterocycles. The lowest BCUT2D eigenvalue weighted by Crippen LogP contribution is -2.24. The van der Waals surface area contributed by atoms with Crippen LogP contribution in [0.5, 0.6) is 0 Å². The van der Waals surface area contributed by atoms with Crippen LogP contribution in [0, 0.1) is 23.7 Å². The van der Waals surface area contributed by atoms with Gasteiger partial charge in [0, 0.05) is 6.61 Å². The van der Waals surface area contributed by atoms with Crippen molar-refractivity contribution < 1.29 is 4.74 Å². The molecule has 2 aliphatic carbocycles. The second-order valence-electron chi connectivity index (χ2n) is 10.5. The van der Waals surface area contributed by atoms with Crippen molar-refractivity contribution in [1.29, 1.82) is 0 Å². The zero-order valence-electron chi connectivity index (χ0n) is 19.3. The Morgan fingerprint density at radius 2 is 1.63 bits per heavy atom. The number of aryl methyl sites for hydroxylation is 1. The normalized spacial score (nSPS) is 35.0. The molecule has 0 N–H and O–H groups in total. The summed E-state index contributed by atoms with van der Waals surface area (Å²) < 4.78 is 5.99. The number of allylic oxidation sites excluding steroid dienone is 4. The van der Waals surface area contributed by atoms with Gasteiger partial charge in [-0.2, -0.15) is 0 Å². The molecule has 0 amide bonds. The van der Waals surface area contributed by atoms with E-state index in [1.54, 1.807) is 5.56 Å². The Kier molecular flexibility index (Phi) is 7.88. The summed E-state index contributed by atoms with van der Waals surface area (Å²) in [4.78, 5) is 0. The van der Waals surface area contributed by atoms with Crippen molar-refractivity contribution in [3.05, 3.63) is 59.7 Å². The zero-order chi connectivity index (χ0) is 20.8. The average Bonchev–Trinajstić information content (AvgIpc) is 2.79. The van der Waals surface area contributed by atoms with E-state index in [1.165, 1.54) is 63.4 Å². The highest BCUT2D eigenvalue weighted by Crippen LogP contribution is 2.37. The van der Waals surface area contributed by atoms with E-state index in [1.807, 2.05) is 0 Å². The third-order valence-corrected chi connectivity index (χ3v) is 7.85. The first-order valence-electron chi connectivity index (χ1n) is 12.7. The van der Waals surface area contributed by atoms with Crippen LogP contribution in [0.1, 0.15) is 88.7 Å². The number of hydrogen-bond acceptors (Lipinski definition) is 1. The second kappa shape index (κ2) is 10.8. The van der Waals surface area contributed by atoms with E-state index < -0.39 is 0 Å². The zero-order valence-corrected chi connectivity index (χ0v) is 19.3. The lowest BCUT2D eigenvalue weighted by atomic mass is 9.78. The van der Waals surface area contributed by atoms with Crippen LogP contribution in [0.15, 0.2) is 48.6 Å². The first-order valence-corrected chi connectivity index (χ1v) is 12.7. The Hall–Kier alpha value is -1.34. The van der Waals surface area contributed by atoms with Crippen molar-refractivity contribution in [3.63, 3.8) is 0 Å². The van der Waals surface area contributed by atoms with Gasteiger partial charge in [0.25, 0.3) is 0 Å². The molecule has 4 rings (SSSR count). The predicted octanol–water partition coefficient (Wildman–Crippen LogP) is 7.87. The Morgan fingerprint density at radius 3 is 2.30 bits per heavy atom. The molecule has 2 fully saturated rings. The monoisotopic (exact) mass is 406 g/mol. The van der Waals surface area contributed by atoms with Crippen molar-refractivity contribution in [3.8, 4) is 0 Å². The smallest absolute Gasteiger partial charge is 0.0578 e. The largest absolute Gasteiger partial charge is 0.378 e. The predicted molar refractivity (Wildman–Crippen MR) is 128 cm³/mol. The van der Waals surface area contributed by atoms with Crippen LogP contribution < -0.4 is 0 Å². The molecule has 1 saturated heterocycles. The SMILES string of the molecule is CC1C=CC(/C=C/C2CCC(c3ccc(CCC4CCC(C)CO4)cc3)CC2)CC1. The number of benzene rings is 1. The molecule has 4 atom stereocenters. The standard InChI is InChI=1S/C29H42O/c1-22-3-6-24(7-4-22)8-9-25-10-15-27(16-11-25)28-17-12-26(13-18-28)14-20-29-19-5-23(2)21-30-29/h3,6,8-9,12-13,17-18,22-25,27,29H,4-5,7,10-11,14-16,19-21H2,1-2H3/b9-8+. The summed E-state index contributed by atoms with van der Waals surface area (Å²) in [6.07, 6.45) is 23.4. The molecule has 1 saturated carbocycles. The van der Waals surface area contributed by atoms with Gasteiger partial charge in [0.05, 0.1) is 6.10 Å². The fourth-order valence-corrected chi connectivity index (χ4v) is 5.53. The summed E-state index contributed by atoms with van der Waals surface area (Å²) in [6.45, 7) is 5.58. The van der Waals surface area contributed by atoms with Gasteiger partial charge in [0.1, 0.15) is 0 Å². The van der Waals surface area contributed by atoms with Crippen molar-refractivity contribution in [2.75, 3.05) is 6.61 Å². The Morgan fingerprint density at radius 1 is 0.833 bits per heavy atom. The highest BCUT2D eigenvalue weighted by atomic mass is 16.5. The fourth-order valence-electron chi connectivity index (χ4n) is 5.53. The van der Waals surface area contributed by atoms with Crippen molar-refractivity contribution >= 4 is 0 Å². The second-order valence-corrected chi connectivity index (χ2v) is 10.5. The third-order valence-electron chi connectivity index (χ3n) is 7.85. The molecule has 4 unspecified atom stereocenters. The van der Waals surface area contributed by atoms with Crippen LogP contribution in [-0.2, 0) is 11.2 Å². The molecule has 1 heteroatoms. The average molecular weight is 407 g/mol. The van der Waals surface area contributed by atoms with Gasteiger partial charge in [-0.25, -0.2) is 0 Å². The van der Waals surface area contributed by atoms with Crippen LogP contribution in [-0.4, -0.2) is 12.7 Å². The Balaban J connectivity index is 1.19. The van der Waals surface area contributed by atoms with E-state index in [0.717, 1.165) is 36.7 Å². The summed E-state index contributed by atoms with van der Waals surface area (Å²) >= 11 is 0. The lowest BCUT2D eigenvalue weighted by Gasteiger charge is -2.28. The first kappa shape index (κ1) is 21.9. The van der Waals surface area contributed by atoms with Crippen LogP contribution >= 0.6 is 0 Å². The van der Waals surface area contributed by atoms with Crippen LogP contribution in [0.4, 0.5) is 0 Å². The van der Waals surface area contributed by atoms with Gasteiger partial charge in [-0.3, -0.25) is 0 Å². The molecule has 1 aromatic carbocycles. The van der Waals surface area contributed by atoms with Gasteiger partial charge in [-0.15, -0.1) is 0 Å². The minimum Gasteiger partial charge on any atom is -0.378 e. The molecule has 1 aliphatic heterocycles. The highest BCUT2D eigenvalue weighted by molar-refractivity contribution is 5.26. The molecule has 1 nitrogen and oxygen atoms in total. The fraction of sp³-hybridized carbons (Fsp3) is 0.655. The maximum absolute atomic E-state index is 5.99. The molecule has 0 radical (unpaired) electrons. The van der Waals surface area contributed by atoms with Gasteiger partial charge in [0.2, 0.25) is 0 Å². The van der Waals surface area contributed by atoms with Gasteiger partial charge in [-0.05, 0) is 105 Å². The summed E-state index contributed by atoms with van der Waals surface area (Å²) in [5, 5.41) is 0.